The van der Waals surface area contributed by atoms with Gasteiger partial charge in [-0.3, -0.25) is 9.52 Å². The van der Waals surface area contributed by atoms with Crippen molar-refractivity contribution in [1.29, 1.82) is 0 Å². The molecule has 0 unspecified atom stereocenters. The van der Waals surface area contributed by atoms with Crippen LogP contribution in [0.2, 0.25) is 5.02 Å². The average molecular weight is 480 g/mol. The first-order chi connectivity index (χ1) is 13.2. The summed E-state index contributed by atoms with van der Waals surface area (Å²) in [7, 11) is -3.68. The van der Waals surface area contributed by atoms with Gasteiger partial charge in [0.2, 0.25) is 0 Å². The monoisotopic (exact) mass is 478 g/mol. The number of carbonyl (C=O) groups excluding carboxylic acids is 1. The fraction of sp³-hybridized carbons (Fsp3) is 0.0500. The van der Waals surface area contributed by atoms with E-state index in [1.165, 1.54) is 0 Å². The largest absolute Gasteiger partial charge is 0.322 e. The van der Waals surface area contributed by atoms with Gasteiger partial charge in [0, 0.05) is 15.8 Å². The molecule has 0 saturated heterocycles. The van der Waals surface area contributed by atoms with Crippen molar-refractivity contribution < 1.29 is 13.2 Å². The summed E-state index contributed by atoms with van der Waals surface area (Å²) in [6, 6.07) is 17.9. The fourth-order valence-electron chi connectivity index (χ4n) is 2.42. The normalized spacial score (nSPS) is 11.1. The second-order valence-electron chi connectivity index (χ2n) is 6.07. The van der Waals surface area contributed by atoms with E-state index in [1.807, 2.05) is 6.92 Å². The van der Waals surface area contributed by atoms with E-state index in [1.54, 1.807) is 66.7 Å². The minimum atomic E-state index is -3.68. The van der Waals surface area contributed by atoms with Crippen LogP contribution in [0.25, 0.3) is 0 Å². The summed E-state index contributed by atoms with van der Waals surface area (Å²) in [5.41, 5.74) is 2.21. The van der Waals surface area contributed by atoms with Crippen molar-refractivity contribution in [2.75, 3.05) is 10.0 Å². The number of aryl methyl sites for hydroxylation is 1. The van der Waals surface area contributed by atoms with Crippen LogP contribution >= 0.6 is 27.5 Å². The molecule has 0 radical (unpaired) electrons. The predicted octanol–water partition coefficient (Wildman–Crippen LogP) is 5.46. The second kappa shape index (κ2) is 8.34. The lowest BCUT2D eigenvalue weighted by atomic mass is 10.2. The van der Waals surface area contributed by atoms with Crippen LogP contribution in [0.15, 0.2) is 76.1 Å². The molecule has 0 aromatic heterocycles. The summed E-state index contributed by atoms with van der Waals surface area (Å²) in [6.07, 6.45) is 0. The molecule has 8 heteroatoms. The minimum absolute atomic E-state index is 0.180. The first-order valence-electron chi connectivity index (χ1n) is 8.20. The van der Waals surface area contributed by atoms with Gasteiger partial charge in [0.15, 0.2) is 0 Å². The predicted molar refractivity (Wildman–Crippen MR) is 116 cm³/mol. The Morgan fingerprint density at radius 3 is 2.18 bits per heavy atom. The third kappa shape index (κ3) is 4.92. The van der Waals surface area contributed by atoms with Crippen molar-refractivity contribution in [3.8, 4) is 0 Å². The van der Waals surface area contributed by atoms with Gasteiger partial charge in [0.1, 0.15) is 0 Å². The molecule has 0 spiro atoms. The topological polar surface area (TPSA) is 75.3 Å². The molecule has 0 bridgehead atoms. The molecular formula is C20H16BrClN2O3S. The third-order valence-corrected chi connectivity index (χ3v) is 6.12. The first kappa shape index (κ1) is 20.4. The van der Waals surface area contributed by atoms with Crippen molar-refractivity contribution in [3.63, 3.8) is 0 Å². The molecule has 0 atom stereocenters. The second-order valence-corrected chi connectivity index (χ2v) is 9.08. The molecule has 5 nitrogen and oxygen atoms in total. The van der Waals surface area contributed by atoms with Gasteiger partial charge >= 0.3 is 0 Å². The van der Waals surface area contributed by atoms with Gasteiger partial charge in [0.25, 0.3) is 15.9 Å². The Balaban J connectivity index is 1.72. The van der Waals surface area contributed by atoms with Gasteiger partial charge in [-0.25, -0.2) is 8.42 Å². The molecule has 0 fully saturated rings. The molecule has 0 aliphatic carbocycles. The van der Waals surface area contributed by atoms with Crippen LogP contribution in [0.5, 0.6) is 0 Å². The summed E-state index contributed by atoms with van der Waals surface area (Å²) in [6.45, 7) is 1.89. The number of hydrogen-bond acceptors (Lipinski definition) is 3. The van der Waals surface area contributed by atoms with E-state index in [0.717, 1.165) is 10.0 Å². The number of carbonyl (C=O) groups is 1. The lowest BCUT2D eigenvalue weighted by Gasteiger charge is -2.10. The Bertz CT molecular complexity index is 1120. The summed E-state index contributed by atoms with van der Waals surface area (Å²) < 4.78 is 28.1. The highest BCUT2D eigenvalue weighted by Crippen LogP contribution is 2.23. The highest BCUT2D eigenvalue weighted by molar-refractivity contribution is 9.10. The quantitative estimate of drug-likeness (QED) is 0.510. The summed E-state index contributed by atoms with van der Waals surface area (Å²) >= 11 is 9.37. The Labute approximate surface area is 176 Å². The number of anilines is 2. The number of hydrogen-bond donors (Lipinski definition) is 2. The number of halogens is 2. The van der Waals surface area contributed by atoms with Crippen LogP contribution < -0.4 is 10.0 Å². The highest BCUT2D eigenvalue weighted by atomic mass is 79.9. The SMILES string of the molecule is Cc1ccc(S(=O)(=O)Nc2ccc(NC(=O)c3cc(Br)ccc3Cl)cc2)cc1. The maximum atomic E-state index is 12.4. The zero-order valence-electron chi connectivity index (χ0n) is 14.7. The van der Waals surface area contributed by atoms with Crippen molar-refractivity contribution in [1.82, 2.24) is 0 Å². The van der Waals surface area contributed by atoms with Gasteiger partial charge in [-0.15, -0.1) is 0 Å². The molecule has 2 N–H and O–H groups in total. The molecular weight excluding hydrogens is 464 g/mol. The van der Waals surface area contributed by atoms with E-state index in [-0.39, 0.29) is 10.8 Å². The Kier molecular flexibility index (Phi) is 6.07. The summed E-state index contributed by atoms with van der Waals surface area (Å²) in [4.78, 5) is 12.6. The Morgan fingerprint density at radius 1 is 0.929 bits per heavy atom. The number of rotatable bonds is 5. The molecule has 28 heavy (non-hydrogen) atoms. The Morgan fingerprint density at radius 2 is 1.54 bits per heavy atom. The molecule has 0 aliphatic heterocycles. The van der Waals surface area contributed by atoms with Crippen molar-refractivity contribution in [2.24, 2.45) is 0 Å². The van der Waals surface area contributed by atoms with Gasteiger partial charge in [-0.1, -0.05) is 45.2 Å². The van der Waals surface area contributed by atoms with E-state index < -0.39 is 10.0 Å². The molecule has 3 rings (SSSR count). The van der Waals surface area contributed by atoms with Gasteiger partial charge in [-0.05, 0) is 61.5 Å². The average Bonchev–Trinajstić information content (AvgIpc) is 2.65. The third-order valence-electron chi connectivity index (χ3n) is 3.90. The Hall–Kier alpha value is -2.35. The zero-order chi connectivity index (χ0) is 20.3. The molecule has 0 aliphatic rings. The number of nitrogens with one attached hydrogen (secondary N) is 2. The lowest BCUT2D eigenvalue weighted by Crippen LogP contribution is -2.14. The van der Waals surface area contributed by atoms with Crippen LogP contribution in [0.1, 0.15) is 15.9 Å². The standard InChI is InChI=1S/C20H16BrClN2O3S/c1-13-2-9-17(10-3-13)28(26,27)24-16-7-5-15(6-8-16)23-20(25)18-12-14(21)4-11-19(18)22/h2-12,24H,1H3,(H,23,25). The van der Waals surface area contributed by atoms with E-state index in [2.05, 4.69) is 26.0 Å². The minimum Gasteiger partial charge on any atom is -0.322 e. The molecule has 1 amide bonds. The lowest BCUT2D eigenvalue weighted by molar-refractivity contribution is 0.102. The van der Waals surface area contributed by atoms with Crippen molar-refractivity contribution >= 4 is 54.8 Å². The van der Waals surface area contributed by atoms with Crippen LogP contribution in [-0.2, 0) is 10.0 Å². The number of amides is 1. The van der Waals surface area contributed by atoms with Gasteiger partial charge < -0.3 is 5.32 Å². The van der Waals surface area contributed by atoms with Gasteiger partial charge in [-0.2, -0.15) is 0 Å². The van der Waals surface area contributed by atoms with E-state index in [0.29, 0.717) is 22.0 Å². The molecule has 144 valence electrons. The maximum absolute atomic E-state index is 12.4. The van der Waals surface area contributed by atoms with E-state index >= 15 is 0 Å². The zero-order valence-corrected chi connectivity index (χ0v) is 17.9. The van der Waals surface area contributed by atoms with Crippen LogP contribution in [-0.4, -0.2) is 14.3 Å². The summed E-state index contributed by atoms with van der Waals surface area (Å²) in [5.74, 6) is -0.362. The van der Waals surface area contributed by atoms with Gasteiger partial charge in [0.05, 0.1) is 15.5 Å². The van der Waals surface area contributed by atoms with E-state index in [4.69, 9.17) is 11.6 Å². The number of sulfonamides is 1. The highest BCUT2D eigenvalue weighted by Gasteiger charge is 2.14. The molecule has 3 aromatic rings. The smallest absolute Gasteiger partial charge is 0.261 e. The fourth-order valence-corrected chi connectivity index (χ4v) is 4.05. The number of benzene rings is 3. The van der Waals surface area contributed by atoms with Crippen LogP contribution in [0.4, 0.5) is 11.4 Å². The van der Waals surface area contributed by atoms with E-state index in [9.17, 15) is 13.2 Å². The van der Waals surface area contributed by atoms with Crippen LogP contribution in [0.3, 0.4) is 0 Å². The first-order valence-corrected chi connectivity index (χ1v) is 10.9. The molecule has 0 saturated carbocycles. The molecule has 0 heterocycles. The summed E-state index contributed by atoms with van der Waals surface area (Å²) in [5, 5.41) is 3.07. The van der Waals surface area contributed by atoms with Crippen LogP contribution in [0, 0.1) is 6.92 Å². The van der Waals surface area contributed by atoms with Crippen molar-refractivity contribution in [2.45, 2.75) is 11.8 Å². The maximum Gasteiger partial charge on any atom is 0.261 e. The molecule has 3 aromatic carbocycles. The van der Waals surface area contributed by atoms with Crippen molar-refractivity contribution in [3.05, 3.63) is 87.4 Å².